The van der Waals surface area contributed by atoms with E-state index in [2.05, 4.69) is 24.4 Å². The van der Waals surface area contributed by atoms with Gasteiger partial charge in [-0.05, 0) is 56.7 Å². The summed E-state index contributed by atoms with van der Waals surface area (Å²) in [5.41, 5.74) is 1.07. The van der Waals surface area contributed by atoms with E-state index in [1.165, 1.54) is 12.0 Å². The second kappa shape index (κ2) is 7.35. The molecular weight excluding hydrogens is 332 g/mol. The summed E-state index contributed by atoms with van der Waals surface area (Å²) in [4.78, 5) is 14.7. The van der Waals surface area contributed by atoms with Gasteiger partial charge in [-0.3, -0.25) is 0 Å². The number of likely N-dealkylation sites (tertiary alicyclic amines) is 1. The van der Waals surface area contributed by atoms with Crippen LogP contribution in [-0.4, -0.2) is 50.1 Å². The minimum absolute atomic E-state index is 0.0591. The van der Waals surface area contributed by atoms with Crippen LogP contribution in [0.4, 0.5) is 4.79 Å². The zero-order chi connectivity index (χ0) is 18.0. The molecule has 1 atom stereocenters. The molecule has 1 aromatic carbocycles. The van der Waals surface area contributed by atoms with Crippen LogP contribution in [0.5, 0.6) is 11.5 Å². The Balaban J connectivity index is 1.50. The second-order valence-electron chi connectivity index (χ2n) is 7.66. The Morgan fingerprint density at radius 3 is 2.85 bits per heavy atom. The van der Waals surface area contributed by atoms with Gasteiger partial charge in [-0.2, -0.15) is 0 Å². The van der Waals surface area contributed by atoms with Crippen molar-refractivity contribution in [2.45, 2.75) is 50.5 Å². The molecule has 2 amide bonds. The normalized spacial score (nSPS) is 24.3. The molecule has 6 heteroatoms. The number of carbonyl (C=O) groups excluding carboxylic acids is 1. The number of amides is 2. The molecule has 4 rings (SSSR count). The van der Waals surface area contributed by atoms with Gasteiger partial charge in [0.05, 0.1) is 0 Å². The number of hydrogen-bond acceptors (Lipinski definition) is 4. The molecule has 0 spiro atoms. The lowest BCUT2D eigenvalue weighted by molar-refractivity contribution is 0.0496. The topological polar surface area (TPSA) is 60.0 Å². The SMILES string of the molecule is CC1CCCCN1C(=O)NCC1(c2ccc3c(c2)OCO3)CCOCC1. The fourth-order valence-electron chi connectivity index (χ4n) is 4.30. The van der Waals surface area contributed by atoms with Gasteiger partial charge in [-0.25, -0.2) is 4.79 Å². The molecule has 26 heavy (non-hydrogen) atoms. The van der Waals surface area contributed by atoms with Gasteiger partial charge in [0.25, 0.3) is 0 Å². The highest BCUT2D eigenvalue weighted by molar-refractivity contribution is 5.74. The lowest BCUT2D eigenvalue weighted by Gasteiger charge is -2.39. The van der Waals surface area contributed by atoms with Crippen LogP contribution in [0.2, 0.25) is 0 Å². The smallest absolute Gasteiger partial charge is 0.317 e. The van der Waals surface area contributed by atoms with Gasteiger partial charge in [0.1, 0.15) is 0 Å². The third kappa shape index (κ3) is 3.34. The van der Waals surface area contributed by atoms with Gasteiger partial charge < -0.3 is 24.4 Å². The monoisotopic (exact) mass is 360 g/mol. The lowest BCUT2D eigenvalue weighted by atomic mass is 9.74. The van der Waals surface area contributed by atoms with Crippen molar-refractivity contribution in [2.75, 3.05) is 33.1 Å². The van der Waals surface area contributed by atoms with Crippen LogP contribution in [-0.2, 0) is 10.2 Å². The first-order chi connectivity index (χ1) is 12.7. The van der Waals surface area contributed by atoms with Gasteiger partial charge in [-0.1, -0.05) is 6.07 Å². The molecule has 0 saturated carbocycles. The highest BCUT2D eigenvalue weighted by Crippen LogP contribution is 2.40. The van der Waals surface area contributed by atoms with Crippen LogP contribution in [0, 0.1) is 0 Å². The van der Waals surface area contributed by atoms with Gasteiger partial charge in [0.2, 0.25) is 6.79 Å². The lowest BCUT2D eigenvalue weighted by Crippen LogP contribution is -2.51. The van der Waals surface area contributed by atoms with Crippen molar-refractivity contribution in [3.05, 3.63) is 23.8 Å². The Bertz CT molecular complexity index is 657. The largest absolute Gasteiger partial charge is 0.454 e. The summed E-state index contributed by atoms with van der Waals surface area (Å²) in [5, 5.41) is 3.22. The predicted molar refractivity (Wildman–Crippen MR) is 97.7 cm³/mol. The number of carbonyl (C=O) groups is 1. The van der Waals surface area contributed by atoms with Crippen LogP contribution >= 0.6 is 0 Å². The fourth-order valence-corrected chi connectivity index (χ4v) is 4.30. The average Bonchev–Trinajstić information content (AvgIpc) is 3.15. The van der Waals surface area contributed by atoms with Gasteiger partial charge in [-0.15, -0.1) is 0 Å². The Morgan fingerprint density at radius 1 is 1.23 bits per heavy atom. The maximum atomic E-state index is 12.8. The number of rotatable bonds is 3. The summed E-state index contributed by atoms with van der Waals surface area (Å²) in [6, 6.07) is 6.53. The van der Waals surface area contributed by atoms with E-state index in [1.54, 1.807) is 0 Å². The molecular formula is C20H28N2O4. The number of urea groups is 1. The molecule has 3 heterocycles. The van der Waals surface area contributed by atoms with Gasteiger partial charge in [0.15, 0.2) is 11.5 Å². The highest BCUT2D eigenvalue weighted by Gasteiger charge is 2.36. The third-order valence-corrected chi connectivity index (χ3v) is 6.08. The second-order valence-corrected chi connectivity index (χ2v) is 7.66. The number of nitrogens with zero attached hydrogens (tertiary/aromatic N) is 1. The number of hydrogen-bond donors (Lipinski definition) is 1. The van der Waals surface area contributed by atoms with E-state index < -0.39 is 0 Å². The van der Waals surface area contributed by atoms with E-state index in [0.717, 1.165) is 43.7 Å². The average molecular weight is 360 g/mol. The summed E-state index contributed by atoms with van der Waals surface area (Å²) >= 11 is 0. The van der Waals surface area contributed by atoms with E-state index in [1.807, 2.05) is 11.0 Å². The van der Waals surface area contributed by atoms with Crippen molar-refractivity contribution in [2.24, 2.45) is 0 Å². The van der Waals surface area contributed by atoms with Crippen LogP contribution < -0.4 is 14.8 Å². The molecule has 0 bridgehead atoms. The van der Waals surface area contributed by atoms with Gasteiger partial charge in [0, 0.05) is 37.8 Å². The molecule has 3 aliphatic rings. The summed E-state index contributed by atoms with van der Waals surface area (Å²) in [6.45, 7) is 5.32. The quantitative estimate of drug-likeness (QED) is 0.900. The number of fused-ring (bicyclic) bond motifs is 1. The van der Waals surface area contributed by atoms with E-state index in [4.69, 9.17) is 14.2 Å². The van der Waals surface area contributed by atoms with E-state index in [0.29, 0.717) is 25.8 Å². The summed E-state index contributed by atoms with van der Waals surface area (Å²) in [6.07, 6.45) is 5.18. The molecule has 142 valence electrons. The van der Waals surface area contributed by atoms with Crippen LogP contribution in [0.15, 0.2) is 18.2 Å². The molecule has 6 nitrogen and oxygen atoms in total. The molecule has 0 aliphatic carbocycles. The first kappa shape index (κ1) is 17.5. The molecule has 2 fully saturated rings. The molecule has 0 radical (unpaired) electrons. The predicted octanol–water partition coefficient (Wildman–Crippen LogP) is 3.05. The Kier molecular flexibility index (Phi) is 4.94. The molecule has 1 aromatic rings. The van der Waals surface area contributed by atoms with Crippen LogP contribution in [0.1, 0.15) is 44.6 Å². The number of nitrogens with one attached hydrogen (secondary N) is 1. The van der Waals surface area contributed by atoms with Crippen molar-refractivity contribution >= 4 is 6.03 Å². The number of piperidine rings is 1. The van der Waals surface area contributed by atoms with Crippen molar-refractivity contribution < 1.29 is 19.0 Å². The fraction of sp³-hybridized carbons (Fsp3) is 0.650. The Morgan fingerprint density at radius 2 is 2.04 bits per heavy atom. The van der Waals surface area contributed by atoms with Crippen molar-refractivity contribution in [1.29, 1.82) is 0 Å². The molecule has 1 N–H and O–H groups in total. The molecule has 1 unspecified atom stereocenters. The summed E-state index contributed by atoms with van der Waals surface area (Å²) in [5.74, 6) is 1.59. The maximum absolute atomic E-state index is 12.8. The van der Waals surface area contributed by atoms with Crippen molar-refractivity contribution in [3.63, 3.8) is 0 Å². The van der Waals surface area contributed by atoms with E-state index in [-0.39, 0.29) is 18.2 Å². The third-order valence-electron chi connectivity index (χ3n) is 6.08. The standard InChI is InChI=1S/C20H28N2O4/c1-15-4-2-3-9-22(15)19(23)21-13-20(7-10-24-11-8-20)16-5-6-17-18(12-16)26-14-25-17/h5-6,12,15H,2-4,7-11,13-14H2,1H3,(H,21,23). The summed E-state index contributed by atoms with van der Waals surface area (Å²) in [7, 11) is 0. The number of benzene rings is 1. The van der Waals surface area contributed by atoms with Gasteiger partial charge >= 0.3 is 6.03 Å². The van der Waals surface area contributed by atoms with Crippen molar-refractivity contribution in [1.82, 2.24) is 10.2 Å². The minimum atomic E-state index is -0.117. The first-order valence-electron chi connectivity index (χ1n) is 9.70. The Labute approximate surface area is 154 Å². The first-order valence-corrected chi connectivity index (χ1v) is 9.70. The van der Waals surface area contributed by atoms with E-state index >= 15 is 0 Å². The number of ether oxygens (including phenoxy) is 3. The zero-order valence-corrected chi connectivity index (χ0v) is 15.5. The minimum Gasteiger partial charge on any atom is -0.454 e. The maximum Gasteiger partial charge on any atom is 0.317 e. The van der Waals surface area contributed by atoms with Crippen LogP contribution in [0.3, 0.4) is 0 Å². The summed E-state index contributed by atoms with van der Waals surface area (Å²) < 4.78 is 16.6. The Hall–Kier alpha value is -1.95. The zero-order valence-electron chi connectivity index (χ0n) is 15.5. The highest BCUT2D eigenvalue weighted by atomic mass is 16.7. The molecule has 2 saturated heterocycles. The molecule has 3 aliphatic heterocycles. The van der Waals surface area contributed by atoms with Crippen LogP contribution in [0.25, 0.3) is 0 Å². The molecule has 0 aromatic heterocycles. The van der Waals surface area contributed by atoms with E-state index in [9.17, 15) is 4.79 Å². The van der Waals surface area contributed by atoms with Crippen molar-refractivity contribution in [3.8, 4) is 11.5 Å².